The second-order valence-electron chi connectivity index (χ2n) is 20.7. The molecule has 8 aromatic rings. The SMILES string of the molecule is C=CC1C[N+]2(Cc3cc(-c4ccccc4)c(O[Si](C)(C)C(C)(C)C)c(-c4ccccc4)c3)CCC1CC2[C@@H](Oc1nc(-c2ccccc2)nc(Cl)c1-c1ccccc1)c1ccnc2ccc(OC)cc12. The van der Waals surface area contributed by atoms with Crippen LogP contribution in [0, 0.1) is 11.8 Å². The standard InChI is InChI=1S/C61H62ClN4O3Si/c1-8-42-40-66(39-41-35-50(43-21-13-9-14-22-43)56(69-70(6,7)61(2,3)4)51(36-41)44-23-15-10-16-24-44)34-32-47(42)37-54(66)57(49-31-33-63-53-30-29-48(67-5)38-52(49)53)68-60-55(45-25-17-11-18-26-45)58(62)64-59(65-60)46-27-19-12-20-28-46/h8-31,33,35-36,38,42,47,54,57H,1,32,34,37,39-40H2,2-7H3/q+1/t42?,47?,54?,57-,66?/m0/s1. The van der Waals surface area contributed by atoms with Gasteiger partial charge in [0.05, 0.1) is 31.3 Å². The van der Waals surface area contributed by atoms with Crippen molar-refractivity contribution in [3.63, 3.8) is 0 Å². The van der Waals surface area contributed by atoms with Gasteiger partial charge < -0.3 is 18.4 Å². The lowest BCUT2D eigenvalue weighted by Gasteiger charge is -2.58. The summed E-state index contributed by atoms with van der Waals surface area (Å²) in [6.45, 7) is 18.7. The number of pyridine rings is 1. The molecule has 0 radical (unpaired) electrons. The molecule has 5 heterocycles. The highest BCUT2D eigenvalue weighted by Gasteiger charge is 2.55. The number of hydrogen-bond acceptors (Lipinski definition) is 6. The van der Waals surface area contributed by atoms with Gasteiger partial charge in [0, 0.05) is 58.2 Å². The number of nitrogens with zero attached hydrogens (tertiary/aromatic N) is 4. The predicted octanol–water partition coefficient (Wildman–Crippen LogP) is 15.5. The highest BCUT2D eigenvalue weighted by atomic mass is 35.5. The van der Waals surface area contributed by atoms with Gasteiger partial charge in [0.15, 0.2) is 11.9 Å². The monoisotopic (exact) mass is 961 g/mol. The number of aromatic nitrogens is 3. The Kier molecular flexibility index (Phi) is 13.0. The number of hydrogen-bond donors (Lipinski definition) is 0. The third kappa shape index (κ3) is 9.16. The molecule has 0 spiro atoms. The van der Waals surface area contributed by atoms with Crippen LogP contribution in [0.25, 0.3) is 55.7 Å². The van der Waals surface area contributed by atoms with E-state index in [1.165, 1.54) is 5.56 Å². The van der Waals surface area contributed by atoms with Crippen LogP contribution < -0.4 is 13.9 Å². The van der Waals surface area contributed by atoms with Gasteiger partial charge in [-0.15, -0.1) is 6.58 Å². The minimum atomic E-state index is -2.32. The second-order valence-corrected chi connectivity index (χ2v) is 25.8. The van der Waals surface area contributed by atoms with Crippen molar-refractivity contribution in [1.82, 2.24) is 15.0 Å². The average Bonchev–Trinajstić information content (AvgIpc) is 3.38. The average molecular weight is 963 g/mol. The van der Waals surface area contributed by atoms with E-state index < -0.39 is 14.4 Å². The number of methoxy groups -OCH3 is 1. The van der Waals surface area contributed by atoms with Gasteiger partial charge in [0.2, 0.25) is 5.88 Å². The second kappa shape index (κ2) is 19.3. The summed E-state index contributed by atoms with van der Waals surface area (Å²) in [6, 6.07) is 54.7. The summed E-state index contributed by atoms with van der Waals surface area (Å²) in [7, 11) is -0.607. The molecule has 70 heavy (non-hydrogen) atoms. The van der Waals surface area contributed by atoms with Gasteiger partial charge in [-0.2, -0.15) is 4.98 Å². The summed E-state index contributed by atoms with van der Waals surface area (Å²) in [5.41, 5.74) is 10.0. The molecule has 3 aliphatic heterocycles. The third-order valence-electron chi connectivity index (χ3n) is 15.5. The number of piperidine rings is 3. The fraction of sp³-hybridized carbons (Fsp3) is 0.262. The van der Waals surface area contributed by atoms with E-state index in [1.54, 1.807) is 7.11 Å². The highest BCUT2D eigenvalue weighted by Crippen LogP contribution is 2.52. The van der Waals surface area contributed by atoms with Gasteiger partial charge in [-0.3, -0.25) is 4.98 Å². The Morgan fingerprint density at radius 3 is 1.96 bits per heavy atom. The van der Waals surface area contributed by atoms with Crippen LogP contribution in [0.4, 0.5) is 0 Å². The van der Waals surface area contributed by atoms with Crippen LogP contribution in [0.2, 0.25) is 23.3 Å². The molecule has 2 bridgehead atoms. The maximum atomic E-state index is 7.77. The number of ether oxygens (including phenoxy) is 2. The van der Waals surface area contributed by atoms with Gasteiger partial charge in [0.25, 0.3) is 8.32 Å². The summed E-state index contributed by atoms with van der Waals surface area (Å²) in [5, 5.41) is 1.30. The normalized spacial score (nSPS) is 19.4. The molecule has 354 valence electrons. The fourth-order valence-electron chi connectivity index (χ4n) is 10.7. The molecule has 0 saturated carbocycles. The first-order chi connectivity index (χ1) is 33.8. The maximum absolute atomic E-state index is 7.77. The molecule has 5 atom stereocenters. The first-order valence-electron chi connectivity index (χ1n) is 24.6. The molecule has 3 aliphatic rings. The summed E-state index contributed by atoms with van der Waals surface area (Å²) in [6.07, 6.45) is 5.63. The van der Waals surface area contributed by atoms with E-state index >= 15 is 0 Å². The topological polar surface area (TPSA) is 66.4 Å². The molecule has 3 saturated heterocycles. The zero-order valence-corrected chi connectivity index (χ0v) is 42.9. The molecule has 9 heteroatoms. The molecular weight excluding hydrogens is 900 g/mol. The van der Waals surface area contributed by atoms with E-state index in [-0.39, 0.29) is 11.1 Å². The van der Waals surface area contributed by atoms with Crippen LogP contribution in [0.3, 0.4) is 0 Å². The van der Waals surface area contributed by atoms with Crippen LogP contribution in [0.15, 0.2) is 177 Å². The summed E-state index contributed by atoms with van der Waals surface area (Å²) in [4.78, 5) is 15.1. The van der Waals surface area contributed by atoms with Crippen LogP contribution in [-0.2, 0) is 6.54 Å². The number of halogens is 1. The van der Waals surface area contributed by atoms with Crippen LogP contribution in [-0.4, -0.2) is 54.0 Å². The third-order valence-corrected chi connectivity index (χ3v) is 20.1. The zero-order valence-electron chi connectivity index (χ0n) is 41.1. The Hall–Kier alpha value is -6.58. The van der Waals surface area contributed by atoms with E-state index in [1.807, 2.05) is 79.0 Å². The molecule has 11 rings (SSSR count). The van der Waals surface area contributed by atoms with Crippen LogP contribution in [0.5, 0.6) is 17.4 Å². The minimum absolute atomic E-state index is 0.0105. The highest BCUT2D eigenvalue weighted by molar-refractivity contribution is 6.74. The molecule has 2 aromatic heterocycles. The first kappa shape index (κ1) is 47.1. The van der Waals surface area contributed by atoms with Gasteiger partial charge in [0.1, 0.15) is 29.2 Å². The van der Waals surface area contributed by atoms with E-state index in [0.29, 0.717) is 34.3 Å². The summed E-state index contributed by atoms with van der Waals surface area (Å²) in [5.74, 6) is 3.41. The lowest BCUT2D eigenvalue weighted by molar-refractivity contribution is -0.984. The van der Waals surface area contributed by atoms with Crippen molar-refractivity contribution in [3.05, 3.63) is 193 Å². The largest absolute Gasteiger partial charge is 0.543 e. The summed E-state index contributed by atoms with van der Waals surface area (Å²) >= 11 is 7.33. The summed E-state index contributed by atoms with van der Waals surface area (Å²) < 4.78 is 21.9. The number of fused-ring (bicyclic) bond motifs is 4. The van der Waals surface area contributed by atoms with Crippen molar-refractivity contribution < 1.29 is 18.4 Å². The van der Waals surface area contributed by atoms with Crippen LogP contribution >= 0.6 is 11.6 Å². The number of rotatable bonds is 14. The van der Waals surface area contributed by atoms with E-state index in [9.17, 15) is 0 Å². The van der Waals surface area contributed by atoms with E-state index in [4.69, 9.17) is 40.5 Å². The lowest BCUT2D eigenvalue weighted by atomic mass is 9.71. The smallest absolute Gasteiger partial charge is 0.250 e. The Bertz CT molecular complexity index is 3090. The molecule has 3 fully saturated rings. The molecular formula is C61H62ClN4O3Si+. The molecule has 0 aliphatic carbocycles. The van der Waals surface area contributed by atoms with Crippen LogP contribution in [0.1, 0.15) is 50.8 Å². The van der Waals surface area contributed by atoms with Crippen molar-refractivity contribution in [3.8, 4) is 62.1 Å². The van der Waals surface area contributed by atoms with E-state index in [0.717, 1.165) is 98.3 Å². The van der Waals surface area contributed by atoms with Crippen molar-refractivity contribution in [1.29, 1.82) is 0 Å². The molecule has 0 N–H and O–H groups in total. The minimum Gasteiger partial charge on any atom is -0.543 e. The van der Waals surface area contributed by atoms with Gasteiger partial charge in [-0.25, -0.2) is 4.98 Å². The first-order valence-corrected chi connectivity index (χ1v) is 27.9. The molecule has 0 amide bonds. The fourth-order valence-corrected chi connectivity index (χ4v) is 12.1. The Morgan fingerprint density at radius 2 is 1.37 bits per heavy atom. The molecule has 7 nitrogen and oxygen atoms in total. The van der Waals surface area contributed by atoms with Crippen molar-refractivity contribution >= 4 is 30.8 Å². The number of benzene rings is 6. The van der Waals surface area contributed by atoms with E-state index in [2.05, 4.69) is 131 Å². The lowest BCUT2D eigenvalue weighted by Crippen LogP contribution is -2.68. The predicted molar refractivity (Wildman–Crippen MR) is 289 cm³/mol. The van der Waals surface area contributed by atoms with Crippen molar-refractivity contribution in [2.45, 2.75) is 70.4 Å². The van der Waals surface area contributed by atoms with Gasteiger partial charge >= 0.3 is 0 Å². The van der Waals surface area contributed by atoms with Crippen molar-refractivity contribution in [2.24, 2.45) is 11.8 Å². The Balaban J connectivity index is 1.20. The maximum Gasteiger partial charge on any atom is 0.250 e. The zero-order chi connectivity index (χ0) is 48.6. The van der Waals surface area contributed by atoms with Gasteiger partial charge in [-0.05, 0) is 77.1 Å². The Morgan fingerprint density at radius 1 is 0.771 bits per heavy atom. The molecule has 4 unspecified atom stereocenters. The quantitative estimate of drug-likeness (QED) is 0.0468. The molecule has 6 aromatic carbocycles. The number of quaternary nitrogens is 1. The van der Waals surface area contributed by atoms with Gasteiger partial charge in [-0.1, -0.05) is 160 Å². The van der Waals surface area contributed by atoms with Crippen molar-refractivity contribution in [2.75, 3.05) is 20.2 Å². The Labute approximate surface area is 419 Å².